The molecule has 23 heavy (non-hydrogen) atoms. The molecule has 1 unspecified atom stereocenters. The summed E-state index contributed by atoms with van der Waals surface area (Å²) in [5.41, 5.74) is 1.48. The van der Waals surface area contributed by atoms with Crippen LogP contribution in [0.1, 0.15) is 12.0 Å². The van der Waals surface area contributed by atoms with Crippen LogP contribution in [-0.4, -0.2) is 23.1 Å². The summed E-state index contributed by atoms with van der Waals surface area (Å²) in [5, 5.41) is 9.56. The highest BCUT2D eigenvalue weighted by atomic mass is 35.5. The van der Waals surface area contributed by atoms with Gasteiger partial charge in [-0.1, -0.05) is 35.9 Å². The second kappa shape index (κ2) is 6.30. The van der Waals surface area contributed by atoms with Crippen molar-refractivity contribution in [2.45, 2.75) is 19.1 Å². The molecule has 0 aromatic heterocycles. The Morgan fingerprint density at radius 2 is 2.00 bits per heavy atom. The second-order valence-electron chi connectivity index (χ2n) is 5.23. The van der Waals surface area contributed by atoms with E-state index in [0.717, 1.165) is 5.56 Å². The summed E-state index contributed by atoms with van der Waals surface area (Å²) in [6.07, 6.45) is -1.40. The molecule has 0 spiro atoms. The molecule has 0 radical (unpaired) electrons. The largest absolute Gasteiger partial charge is 0.481 e. The topological polar surface area (TPSA) is 66.8 Å². The SMILES string of the molecule is O=C(O)CC1Oc2ccccc2N(Cc2cccc(Cl)c2)C1=O. The number of amides is 1. The van der Waals surface area contributed by atoms with Gasteiger partial charge in [0.2, 0.25) is 0 Å². The number of aliphatic carboxylic acids is 1. The number of fused-ring (bicyclic) bond motifs is 1. The molecule has 1 heterocycles. The van der Waals surface area contributed by atoms with Crippen molar-refractivity contribution in [1.29, 1.82) is 0 Å². The molecule has 0 aliphatic carbocycles. The molecule has 0 saturated heterocycles. The van der Waals surface area contributed by atoms with Crippen molar-refractivity contribution in [3.8, 4) is 5.75 Å². The number of rotatable bonds is 4. The third-order valence-corrected chi connectivity index (χ3v) is 3.79. The van der Waals surface area contributed by atoms with Crippen molar-refractivity contribution >= 4 is 29.2 Å². The predicted molar refractivity (Wildman–Crippen MR) is 85.8 cm³/mol. The van der Waals surface area contributed by atoms with E-state index < -0.39 is 12.1 Å². The Morgan fingerprint density at radius 1 is 1.22 bits per heavy atom. The Hall–Kier alpha value is -2.53. The van der Waals surface area contributed by atoms with Crippen LogP contribution >= 0.6 is 11.6 Å². The molecule has 0 saturated carbocycles. The quantitative estimate of drug-likeness (QED) is 0.934. The average Bonchev–Trinajstić information content (AvgIpc) is 2.51. The zero-order chi connectivity index (χ0) is 16.4. The maximum Gasteiger partial charge on any atom is 0.307 e. The number of halogens is 1. The number of carbonyl (C=O) groups excluding carboxylic acids is 1. The molecule has 5 nitrogen and oxygen atoms in total. The molecular formula is C17H14ClNO4. The lowest BCUT2D eigenvalue weighted by Crippen LogP contribution is -2.46. The van der Waals surface area contributed by atoms with Gasteiger partial charge in [-0.15, -0.1) is 0 Å². The van der Waals surface area contributed by atoms with Gasteiger partial charge in [0.15, 0.2) is 6.10 Å². The summed E-state index contributed by atoms with van der Waals surface area (Å²) in [6.45, 7) is 0.301. The van der Waals surface area contributed by atoms with Crippen molar-refractivity contribution in [1.82, 2.24) is 0 Å². The zero-order valence-corrected chi connectivity index (χ0v) is 12.9. The van der Waals surface area contributed by atoms with Gasteiger partial charge in [0, 0.05) is 5.02 Å². The fraction of sp³-hybridized carbons (Fsp3) is 0.176. The molecule has 1 atom stereocenters. The summed E-state index contributed by atoms with van der Waals surface area (Å²) in [6, 6.07) is 14.3. The first-order chi connectivity index (χ1) is 11.0. The maximum absolute atomic E-state index is 12.6. The molecule has 1 aliphatic rings. The number of carboxylic acids is 1. The standard InChI is InChI=1S/C17H14ClNO4/c18-12-5-3-4-11(8-12)10-19-13-6-1-2-7-14(13)23-15(17(19)22)9-16(20)21/h1-8,15H,9-10H2,(H,20,21). The summed E-state index contributed by atoms with van der Waals surface area (Å²) in [4.78, 5) is 25.1. The maximum atomic E-state index is 12.6. The van der Waals surface area contributed by atoms with Crippen molar-refractivity contribution in [3.63, 3.8) is 0 Å². The van der Waals surface area contributed by atoms with Gasteiger partial charge in [-0.25, -0.2) is 0 Å². The van der Waals surface area contributed by atoms with E-state index in [1.807, 2.05) is 12.1 Å². The predicted octanol–water partition coefficient (Wildman–Crippen LogP) is 3.11. The van der Waals surface area contributed by atoms with Gasteiger partial charge in [0.05, 0.1) is 18.7 Å². The van der Waals surface area contributed by atoms with Crippen LogP contribution in [0.15, 0.2) is 48.5 Å². The van der Waals surface area contributed by atoms with E-state index in [2.05, 4.69) is 0 Å². The van der Waals surface area contributed by atoms with Crippen LogP contribution < -0.4 is 9.64 Å². The number of benzene rings is 2. The van der Waals surface area contributed by atoms with E-state index >= 15 is 0 Å². The molecule has 1 N–H and O–H groups in total. The molecule has 2 aromatic rings. The number of nitrogens with zero attached hydrogens (tertiary/aromatic N) is 1. The Kier molecular flexibility index (Phi) is 4.21. The first kappa shape index (κ1) is 15.4. The number of anilines is 1. The highest BCUT2D eigenvalue weighted by molar-refractivity contribution is 6.30. The van der Waals surface area contributed by atoms with Gasteiger partial charge in [0.25, 0.3) is 5.91 Å². The summed E-state index contributed by atoms with van der Waals surface area (Å²) >= 11 is 5.99. The first-order valence-corrected chi connectivity index (χ1v) is 7.45. The summed E-state index contributed by atoms with van der Waals surface area (Å²) in [5.74, 6) is -0.947. The van der Waals surface area contributed by atoms with Crippen LogP contribution in [0.4, 0.5) is 5.69 Å². The van der Waals surface area contributed by atoms with E-state index in [9.17, 15) is 9.59 Å². The van der Waals surface area contributed by atoms with Crippen molar-refractivity contribution in [2.75, 3.05) is 4.90 Å². The number of hydrogen-bond acceptors (Lipinski definition) is 3. The molecule has 1 aliphatic heterocycles. The Bertz CT molecular complexity index is 762. The van der Waals surface area contributed by atoms with Crippen LogP contribution in [0.25, 0.3) is 0 Å². The molecule has 0 fully saturated rings. The van der Waals surface area contributed by atoms with E-state index in [0.29, 0.717) is 23.0 Å². The first-order valence-electron chi connectivity index (χ1n) is 7.08. The molecule has 1 amide bonds. The van der Waals surface area contributed by atoms with Crippen LogP contribution in [0.3, 0.4) is 0 Å². The Balaban J connectivity index is 1.95. The average molecular weight is 332 g/mol. The minimum Gasteiger partial charge on any atom is -0.481 e. The molecule has 6 heteroatoms. The number of ether oxygens (including phenoxy) is 1. The third kappa shape index (κ3) is 3.29. The van der Waals surface area contributed by atoms with Crippen LogP contribution in [0.2, 0.25) is 5.02 Å². The highest BCUT2D eigenvalue weighted by Gasteiger charge is 2.35. The molecule has 0 bridgehead atoms. The van der Waals surface area contributed by atoms with E-state index in [4.69, 9.17) is 21.4 Å². The lowest BCUT2D eigenvalue weighted by Gasteiger charge is -2.34. The highest BCUT2D eigenvalue weighted by Crippen LogP contribution is 2.35. The second-order valence-corrected chi connectivity index (χ2v) is 5.66. The summed E-state index contributed by atoms with van der Waals surface area (Å²) < 4.78 is 5.55. The monoisotopic (exact) mass is 331 g/mol. The van der Waals surface area contributed by atoms with Gasteiger partial charge in [-0.05, 0) is 29.8 Å². The van der Waals surface area contributed by atoms with Crippen molar-refractivity contribution in [2.24, 2.45) is 0 Å². The van der Waals surface area contributed by atoms with Gasteiger partial charge >= 0.3 is 5.97 Å². The zero-order valence-electron chi connectivity index (χ0n) is 12.1. The summed E-state index contributed by atoms with van der Waals surface area (Å²) in [7, 11) is 0. The Morgan fingerprint density at radius 3 is 2.74 bits per heavy atom. The number of para-hydroxylation sites is 2. The molecular weight excluding hydrogens is 318 g/mol. The number of carbonyl (C=O) groups is 2. The van der Waals surface area contributed by atoms with Crippen molar-refractivity contribution < 1.29 is 19.4 Å². The van der Waals surface area contributed by atoms with Gasteiger partial charge in [-0.2, -0.15) is 0 Å². The minimum atomic E-state index is -1.08. The van der Waals surface area contributed by atoms with Crippen molar-refractivity contribution in [3.05, 3.63) is 59.1 Å². The van der Waals surface area contributed by atoms with Crippen LogP contribution in [0.5, 0.6) is 5.75 Å². The lowest BCUT2D eigenvalue weighted by molar-refractivity contribution is -0.142. The minimum absolute atomic E-state index is 0.301. The molecule has 3 rings (SSSR count). The number of hydrogen-bond donors (Lipinski definition) is 1. The van der Waals surface area contributed by atoms with Gasteiger partial charge in [-0.3, -0.25) is 9.59 Å². The fourth-order valence-electron chi connectivity index (χ4n) is 2.54. The van der Waals surface area contributed by atoms with E-state index in [1.165, 1.54) is 4.90 Å². The normalized spacial score (nSPS) is 16.7. The van der Waals surface area contributed by atoms with Crippen LogP contribution in [-0.2, 0) is 16.1 Å². The smallest absolute Gasteiger partial charge is 0.307 e. The van der Waals surface area contributed by atoms with Gasteiger partial charge < -0.3 is 14.7 Å². The molecule has 118 valence electrons. The Labute approximate surface area is 138 Å². The van der Waals surface area contributed by atoms with Gasteiger partial charge in [0.1, 0.15) is 5.75 Å². The van der Waals surface area contributed by atoms with Crippen LogP contribution in [0, 0.1) is 0 Å². The molecule has 2 aromatic carbocycles. The lowest BCUT2D eigenvalue weighted by atomic mass is 10.1. The number of carboxylic acid groups (broad SMARTS) is 1. The fourth-order valence-corrected chi connectivity index (χ4v) is 2.76. The van der Waals surface area contributed by atoms with E-state index in [1.54, 1.807) is 36.4 Å². The third-order valence-electron chi connectivity index (χ3n) is 3.56. The van der Waals surface area contributed by atoms with E-state index in [-0.39, 0.29) is 12.3 Å².